The largest absolute Gasteiger partial charge is 0.325 e. The summed E-state index contributed by atoms with van der Waals surface area (Å²) in [5.74, 6) is -0.111. The molecule has 1 atom stereocenters. The Morgan fingerprint density at radius 1 is 1.19 bits per heavy atom. The van der Waals surface area contributed by atoms with Crippen LogP contribution in [0.2, 0.25) is 0 Å². The van der Waals surface area contributed by atoms with Gasteiger partial charge in [0, 0.05) is 12.2 Å². The first kappa shape index (κ1) is 19.2. The Bertz CT molecular complexity index is 1030. The summed E-state index contributed by atoms with van der Waals surface area (Å²) in [6.45, 7) is 6.38. The van der Waals surface area contributed by atoms with Crippen LogP contribution < -0.4 is 10.9 Å². The standard InChI is InChI=1S/C21H23N3O2S/c1-4-13-24-20(26)16-10-6-8-12-18(16)23-21(24)27-15(3)19(25)22-17-11-7-5-9-14(17)2/h5-12,15H,4,13H2,1-3H3,(H,22,25). The fraction of sp³-hybridized carbons (Fsp3) is 0.286. The Kier molecular flexibility index (Phi) is 5.96. The molecule has 0 radical (unpaired) electrons. The summed E-state index contributed by atoms with van der Waals surface area (Å²) in [5.41, 5.74) is 2.41. The number of benzene rings is 2. The zero-order valence-corrected chi connectivity index (χ0v) is 16.5. The van der Waals surface area contributed by atoms with Gasteiger partial charge in [0.2, 0.25) is 5.91 Å². The summed E-state index contributed by atoms with van der Waals surface area (Å²) in [5, 5.41) is 3.75. The van der Waals surface area contributed by atoms with Crippen molar-refractivity contribution in [2.45, 2.75) is 44.1 Å². The molecule has 27 heavy (non-hydrogen) atoms. The first-order chi connectivity index (χ1) is 13.0. The molecule has 3 rings (SSSR count). The molecule has 0 bridgehead atoms. The Hall–Kier alpha value is -2.60. The number of rotatable bonds is 6. The van der Waals surface area contributed by atoms with Crippen LogP contribution in [0, 0.1) is 6.92 Å². The van der Waals surface area contributed by atoms with E-state index in [1.807, 2.05) is 63.2 Å². The average molecular weight is 382 g/mol. The zero-order chi connectivity index (χ0) is 19.4. The van der Waals surface area contributed by atoms with Gasteiger partial charge in [-0.1, -0.05) is 49.0 Å². The highest BCUT2D eigenvalue weighted by atomic mass is 32.2. The van der Waals surface area contributed by atoms with Crippen LogP contribution in [-0.4, -0.2) is 20.7 Å². The van der Waals surface area contributed by atoms with Crippen LogP contribution in [0.3, 0.4) is 0 Å². The lowest BCUT2D eigenvalue weighted by Gasteiger charge is -2.16. The number of hydrogen-bond donors (Lipinski definition) is 1. The van der Waals surface area contributed by atoms with Gasteiger partial charge in [-0.25, -0.2) is 4.98 Å². The van der Waals surface area contributed by atoms with Crippen molar-refractivity contribution in [1.82, 2.24) is 9.55 Å². The number of hydrogen-bond acceptors (Lipinski definition) is 4. The molecule has 140 valence electrons. The second kappa shape index (κ2) is 8.39. The number of fused-ring (bicyclic) bond motifs is 1. The van der Waals surface area contributed by atoms with Crippen LogP contribution in [-0.2, 0) is 11.3 Å². The Balaban J connectivity index is 1.88. The minimum Gasteiger partial charge on any atom is -0.325 e. The molecule has 6 heteroatoms. The van der Waals surface area contributed by atoms with E-state index in [1.54, 1.807) is 10.6 Å². The van der Waals surface area contributed by atoms with Crippen LogP contribution in [0.25, 0.3) is 10.9 Å². The summed E-state index contributed by atoms with van der Waals surface area (Å²) >= 11 is 1.31. The summed E-state index contributed by atoms with van der Waals surface area (Å²) in [7, 11) is 0. The van der Waals surface area contributed by atoms with Gasteiger partial charge in [-0.05, 0) is 44.0 Å². The first-order valence-electron chi connectivity index (χ1n) is 9.04. The third-order valence-corrected chi connectivity index (χ3v) is 5.42. The topological polar surface area (TPSA) is 64.0 Å². The number of anilines is 1. The summed E-state index contributed by atoms with van der Waals surface area (Å²) < 4.78 is 1.67. The molecule has 0 aliphatic rings. The van der Waals surface area contributed by atoms with Gasteiger partial charge in [-0.3, -0.25) is 14.2 Å². The molecular weight excluding hydrogens is 358 g/mol. The van der Waals surface area contributed by atoms with Gasteiger partial charge < -0.3 is 5.32 Å². The van der Waals surface area contributed by atoms with Gasteiger partial charge >= 0.3 is 0 Å². The number of para-hydroxylation sites is 2. The van der Waals surface area contributed by atoms with E-state index in [0.29, 0.717) is 22.6 Å². The lowest BCUT2D eigenvalue weighted by molar-refractivity contribution is -0.115. The number of nitrogens with zero attached hydrogens (tertiary/aromatic N) is 2. The summed E-state index contributed by atoms with van der Waals surface area (Å²) in [6, 6.07) is 15.0. The van der Waals surface area contributed by atoms with E-state index in [0.717, 1.165) is 17.7 Å². The Morgan fingerprint density at radius 3 is 2.63 bits per heavy atom. The van der Waals surface area contributed by atoms with Crippen molar-refractivity contribution in [2.75, 3.05) is 5.32 Å². The molecule has 0 saturated carbocycles. The number of aromatic nitrogens is 2. The fourth-order valence-corrected chi connectivity index (χ4v) is 3.75. The predicted octanol–water partition coefficient (Wildman–Crippen LogP) is 4.23. The third-order valence-electron chi connectivity index (χ3n) is 4.33. The fourth-order valence-electron chi connectivity index (χ4n) is 2.82. The van der Waals surface area contributed by atoms with Gasteiger partial charge in [0.25, 0.3) is 5.56 Å². The number of aryl methyl sites for hydroxylation is 1. The van der Waals surface area contributed by atoms with Crippen LogP contribution in [0.1, 0.15) is 25.8 Å². The maximum Gasteiger partial charge on any atom is 0.262 e. The first-order valence-corrected chi connectivity index (χ1v) is 9.92. The van der Waals surface area contributed by atoms with Crippen LogP contribution in [0.4, 0.5) is 5.69 Å². The van der Waals surface area contributed by atoms with Gasteiger partial charge in [0.15, 0.2) is 5.16 Å². The normalized spacial score (nSPS) is 12.1. The predicted molar refractivity (Wildman–Crippen MR) is 111 cm³/mol. The second-order valence-corrected chi connectivity index (χ2v) is 7.74. The SMILES string of the molecule is CCCn1c(SC(C)C(=O)Nc2ccccc2C)nc2ccccc2c1=O. The van der Waals surface area contributed by atoms with E-state index in [2.05, 4.69) is 10.3 Å². The van der Waals surface area contributed by atoms with Gasteiger partial charge in [0.05, 0.1) is 16.2 Å². The summed E-state index contributed by atoms with van der Waals surface area (Å²) in [4.78, 5) is 30.1. The molecule has 1 N–H and O–H groups in total. The van der Waals surface area contributed by atoms with Crippen molar-refractivity contribution >= 4 is 34.3 Å². The number of amides is 1. The third kappa shape index (κ3) is 4.22. The van der Waals surface area contributed by atoms with Gasteiger partial charge in [-0.2, -0.15) is 0 Å². The van der Waals surface area contributed by atoms with E-state index in [9.17, 15) is 9.59 Å². The minimum absolute atomic E-state index is 0.0588. The zero-order valence-electron chi connectivity index (χ0n) is 15.7. The quantitative estimate of drug-likeness (QED) is 0.512. The van der Waals surface area contributed by atoms with Crippen molar-refractivity contribution in [1.29, 1.82) is 0 Å². The molecule has 0 saturated heterocycles. The average Bonchev–Trinajstić information content (AvgIpc) is 2.66. The second-order valence-electron chi connectivity index (χ2n) is 6.43. The maximum absolute atomic E-state index is 12.8. The number of thioether (sulfide) groups is 1. The lowest BCUT2D eigenvalue weighted by atomic mass is 10.2. The van der Waals surface area contributed by atoms with E-state index in [4.69, 9.17) is 0 Å². The van der Waals surface area contributed by atoms with E-state index in [-0.39, 0.29) is 16.7 Å². The van der Waals surface area contributed by atoms with Crippen molar-refractivity contribution in [3.05, 3.63) is 64.4 Å². The van der Waals surface area contributed by atoms with E-state index in [1.165, 1.54) is 11.8 Å². The highest BCUT2D eigenvalue weighted by molar-refractivity contribution is 8.00. The molecule has 2 aromatic carbocycles. The molecule has 1 heterocycles. The van der Waals surface area contributed by atoms with Crippen molar-refractivity contribution < 1.29 is 4.79 Å². The molecule has 1 amide bonds. The lowest BCUT2D eigenvalue weighted by Crippen LogP contribution is -2.27. The molecule has 0 spiro atoms. The van der Waals surface area contributed by atoms with E-state index < -0.39 is 0 Å². The van der Waals surface area contributed by atoms with Crippen molar-refractivity contribution in [2.24, 2.45) is 0 Å². The molecule has 1 aromatic heterocycles. The molecule has 3 aromatic rings. The van der Waals surface area contributed by atoms with Crippen molar-refractivity contribution in [3.63, 3.8) is 0 Å². The van der Waals surface area contributed by atoms with Gasteiger partial charge in [0.1, 0.15) is 0 Å². The maximum atomic E-state index is 12.8. The molecular formula is C21H23N3O2S. The molecule has 5 nitrogen and oxygen atoms in total. The van der Waals surface area contributed by atoms with Crippen LogP contribution >= 0.6 is 11.8 Å². The molecule has 0 aliphatic heterocycles. The number of carbonyl (C=O) groups excluding carboxylic acids is 1. The van der Waals surface area contributed by atoms with E-state index >= 15 is 0 Å². The monoisotopic (exact) mass is 381 g/mol. The van der Waals surface area contributed by atoms with Crippen LogP contribution in [0.5, 0.6) is 0 Å². The molecule has 1 unspecified atom stereocenters. The van der Waals surface area contributed by atoms with Gasteiger partial charge in [-0.15, -0.1) is 0 Å². The molecule has 0 fully saturated rings. The highest BCUT2D eigenvalue weighted by Gasteiger charge is 2.19. The Morgan fingerprint density at radius 2 is 1.89 bits per heavy atom. The molecule has 0 aliphatic carbocycles. The highest BCUT2D eigenvalue weighted by Crippen LogP contribution is 2.24. The van der Waals surface area contributed by atoms with Crippen LogP contribution in [0.15, 0.2) is 58.5 Å². The Labute approximate surface area is 162 Å². The number of nitrogens with one attached hydrogen (secondary N) is 1. The van der Waals surface area contributed by atoms with Crippen molar-refractivity contribution in [3.8, 4) is 0 Å². The number of carbonyl (C=O) groups is 1. The smallest absolute Gasteiger partial charge is 0.262 e. The summed E-state index contributed by atoms with van der Waals surface area (Å²) in [6.07, 6.45) is 0.817. The minimum atomic E-state index is -0.388.